The summed E-state index contributed by atoms with van der Waals surface area (Å²) in [6.45, 7) is 0. The van der Waals surface area contributed by atoms with Crippen molar-refractivity contribution in [1.82, 2.24) is 4.90 Å². The van der Waals surface area contributed by atoms with Crippen LogP contribution in [-0.2, 0) is 0 Å². The molecular formula is C14H15NO2S. The van der Waals surface area contributed by atoms with E-state index in [-0.39, 0.29) is 6.04 Å². The molecule has 0 saturated carbocycles. The SMILES string of the molecule is CN(C)C(c1ccc(C(=O)O)cc1)c1cccs1. The van der Waals surface area contributed by atoms with E-state index in [1.54, 1.807) is 23.5 Å². The van der Waals surface area contributed by atoms with Gasteiger partial charge in [0.25, 0.3) is 0 Å². The molecule has 0 amide bonds. The van der Waals surface area contributed by atoms with Crippen LogP contribution in [-0.4, -0.2) is 30.1 Å². The van der Waals surface area contributed by atoms with Crippen LogP contribution in [0.5, 0.6) is 0 Å². The van der Waals surface area contributed by atoms with Crippen LogP contribution in [0.15, 0.2) is 41.8 Å². The predicted octanol–water partition coefficient (Wildman–Crippen LogP) is 3.10. The Morgan fingerprint density at radius 3 is 2.33 bits per heavy atom. The van der Waals surface area contributed by atoms with Crippen molar-refractivity contribution in [2.75, 3.05) is 14.1 Å². The van der Waals surface area contributed by atoms with Crippen molar-refractivity contribution in [2.45, 2.75) is 6.04 Å². The Kier molecular flexibility index (Phi) is 3.79. The molecule has 0 spiro atoms. The van der Waals surface area contributed by atoms with Crippen LogP contribution in [0.4, 0.5) is 0 Å². The lowest BCUT2D eigenvalue weighted by molar-refractivity contribution is 0.0697. The minimum Gasteiger partial charge on any atom is -0.478 e. The van der Waals surface area contributed by atoms with Gasteiger partial charge in [0.05, 0.1) is 11.6 Å². The van der Waals surface area contributed by atoms with Crippen molar-refractivity contribution in [2.24, 2.45) is 0 Å². The molecule has 0 saturated heterocycles. The number of benzene rings is 1. The third-order valence-corrected chi connectivity index (χ3v) is 3.73. The minimum atomic E-state index is -0.890. The van der Waals surface area contributed by atoms with Gasteiger partial charge < -0.3 is 5.11 Å². The second-order valence-corrected chi connectivity index (χ2v) is 5.29. The van der Waals surface area contributed by atoms with E-state index in [1.165, 1.54) is 4.88 Å². The van der Waals surface area contributed by atoms with Crippen molar-refractivity contribution < 1.29 is 9.90 Å². The van der Waals surface area contributed by atoms with Gasteiger partial charge in [-0.1, -0.05) is 18.2 Å². The number of hydrogen-bond donors (Lipinski definition) is 1. The largest absolute Gasteiger partial charge is 0.478 e. The zero-order valence-corrected chi connectivity index (χ0v) is 11.1. The molecule has 0 aliphatic heterocycles. The van der Waals surface area contributed by atoms with Crippen molar-refractivity contribution in [1.29, 1.82) is 0 Å². The molecule has 4 heteroatoms. The molecule has 2 rings (SSSR count). The maximum Gasteiger partial charge on any atom is 0.335 e. The van der Waals surface area contributed by atoms with Crippen molar-refractivity contribution >= 4 is 17.3 Å². The van der Waals surface area contributed by atoms with Crippen molar-refractivity contribution in [3.8, 4) is 0 Å². The molecule has 0 radical (unpaired) electrons. The maximum absolute atomic E-state index is 10.8. The smallest absolute Gasteiger partial charge is 0.335 e. The fourth-order valence-corrected chi connectivity index (χ4v) is 2.92. The first-order valence-electron chi connectivity index (χ1n) is 5.62. The molecule has 0 bridgehead atoms. The zero-order valence-electron chi connectivity index (χ0n) is 10.3. The van der Waals surface area contributed by atoms with Gasteiger partial charge in [-0.25, -0.2) is 4.79 Å². The minimum absolute atomic E-state index is 0.174. The highest BCUT2D eigenvalue weighted by molar-refractivity contribution is 7.10. The Morgan fingerprint density at radius 1 is 1.22 bits per heavy atom. The average molecular weight is 261 g/mol. The van der Waals surface area contributed by atoms with Crippen LogP contribution in [0.2, 0.25) is 0 Å². The van der Waals surface area contributed by atoms with Gasteiger partial charge in [-0.3, -0.25) is 4.90 Å². The Balaban J connectivity index is 2.35. The molecular weight excluding hydrogens is 246 g/mol. The monoisotopic (exact) mass is 261 g/mol. The summed E-state index contributed by atoms with van der Waals surface area (Å²) in [6.07, 6.45) is 0. The lowest BCUT2D eigenvalue weighted by atomic mass is 10.0. The summed E-state index contributed by atoms with van der Waals surface area (Å²) >= 11 is 1.71. The summed E-state index contributed by atoms with van der Waals surface area (Å²) in [5.74, 6) is -0.890. The molecule has 0 fully saturated rings. The second kappa shape index (κ2) is 5.33. The Bertz CT molecular complexity index is 517. The maximum atomic E-state index is 10.8. The van der Waals surface area contributed by atoms with E-state index in [1.807, 2.05) is 32.3 Å². The topological polar surface area (TPSA) is 40.5 Å². The van der Waals surface area contributed by atoms with E-state index in [0.717, 1.165) is 5.56 Å². The van der Waals surface area contributed by atoms with E-state index in [0.29, 0.717) is 5.56 Å². The first kappa shape index (κ1) is 12.8. The zero-order chi connectivity index (χ0) is 13.1. The standard InChI is InChI=1S/C14H15NO2S/c1-15(2)13(12-4-3-9-18-12)10-5-7-11(8-6-10)14(16)17/h3-9,13H,1-2H3,(H,16,17). The molecule has 1 aromatic carbocycles. The van der Waals surface area contributed by atoms with Crippen LogP contribution in [0.25, 0.3) is 0 Å². The fraction of sp³-hybridized carbons (Fsp3) is 0.214. The van der Waals surface area contributed by atoms with Gasteiger partial charge in [0.1, 0.15) is 0 Å². The normalized spacial score (nSPS) is 12.6. The number of thiophene rings is 1. The molecule has 1 aromatic heterocycles. The van der Waals surface area contributed by atoms with Crippen LogP contribution in [0.1, 0.15) is 26.8 Å². The van der Waals surface area contributed by atoms with E-state index >= 15 is 0 Å². The summed E-state index contributed by atoms with van der Waals surface area (Å²) in [7, 11) is 4.05. The summed E-state index contributed by atoms with van der Waals surface area (Å²) in [4.78, 5) is 14.2. The molecule has 1 unspecified atom stereocenters. The van der Waals surface area contributed by atoms with Gasteiger partial charge in [0.2, 0.25) is 0 Å². The van der Waals surface area contributed by atoms with E-state index in [2.05, 4.69) is 16.3 Å². The second-order valence-electron chi connectivity index (χ2n) is 4.31. The van der Waals surface area contributed by atoms with Gasteiger partial charge in [0.15, 0.2) is 0 Å². The average Bonchev–Trinajstić information content (AvgIpc) is 2.83. The lowest BCUT2D eigenvalue weighted by Crippen LogP contribution is -2.20. The first-order chi connectivity index (χ1) is 8.59. The predicted molar refractivity (Wildman–Crippen MR) is 73.3 cm³/mol. The molecule has 1 atom stereocenters. The number of carbonyl (C=O) groups is 1. The molecule has 2 aromatic rings. The molecule has 0 aliphatic rings. The van der Waals surface area contributed by atoms with Crippen molar-refractivity contribution in [3.05, 3.63) is 57.8 Å². The number of rotatable bonds is 4. The van der Waals surface area contributed by atoms with Crippen LogP contribution < -0.4 is 0 Å². The summed E-state index contributed by atoms with van der Waals surface area (Å²) < 4.78 is 0. The highest BCUT2D eigenvalue weighted by Crippen LogP contribution is 2.30. The number of hydrogen-bond acceptors (Lipinski definition) is 3. The van der Waals surface area contributed by atoms with Gasteiger partial charge in [-0.15, -0.1) is 11.3 Å². The molecule has 3 nitrogen and oxygen atoms in total. The van der Waals surface area contributed by atoms with Gasteiger partial charge in [0, 0.05) is 4.88 Å². The Morgan fingerprint density at radius 2 is 1.89 bits per heavy atom. The van der Waals surface area contributed by atoms with Crippen LogP contribution in [0, 0.1) is 0 Å². The third-order valence-electron chi connectivity index (χ3n) is 2.80. The molecule has 0 aliphatic carbocycles. The molecule has 18 heavy (non-hydrogen) atoms. The molecule has 1 heterocycles. The number of nitrogens with zero attached hydrogens (tertiary/aromatic N) is 1. The Hall–Kier alpha value is -1.65. The van der Waals surface area contributed by atoms with E-state index in [9.17, 15) is 4.79 Å². The lowest BCUT2D eigenvalue weighted by Gasteiger charge is -2.23. The fourth-order valence-electron chi connectivity index (χ4n) is 1.97. The number of carboxylic acid groups (broad SMARTS) is 1. The summed E-state index contributed by atoms with van der Waals surface area (Å²) in [5, 5.41) is 11.0. The highest BCUT2D eigenvalue weighted by Gasteiger charge is 2.17. The summed E-state index contributed by atoms with van der Waals surface area (Å²) in [5.41, 5.74) is 1.43. The molecule has 1 N–H and O–H groups in total. The Labute approximate surface area is 110 Å². The first-order valence-corrected chi connectivity index (χ1v) is 6.50. The van der Waals surface area contributed by atoms with Crippen molar-refractivity contribution in [3.63, 3.8) is 0 Å². The summed E-state index contributed by atoms with van der Waals surface area (Å²) in [6, 6.07) is 11.4. The van der Waals surface area contributed by atoms with Crippen LogP contribution >= 0.6 is 11.3 Å². The van der Waals surface area contributed by atoms with Gasteiger partial charge >= 0.3 is 5.97 Å². The van der Waals surface area contributed by atoms with E-state index < -0.39 is 5.97 Å². The third kappa shape index (κ3) is 2.60. The molecule has 94 valence electrons. The van der Waals surface area contributed by atoms with E-state index in [4.69, 9.17) is 5.11 Å². The number of carboxylic acids is 1. The quantitative estimate of drug-likeness (QED) is 0.919. The number of aromatic carboxylic acids is 1. The van der Waals surface area contributed by atoms with Gasteiger partial charge in [-0.05, 0) is 43.2 Å². The van der Waals surface area contributed by atoms with Crippen LogP contribution in [0.3, 0.4) is 0 Å². The highest BCUT2D eigenvalue weighted by atomic mass is 32.1. The van der Waals surface area contributed by atoms with Gasteiger partial charge in [-0.2, -0.15) is 0 Å².